The van der Waals surface area contributed by atoms with Crippen molar-refractivity contribution in [1.29, 1.82) is 0 Å². The van der Waals surface area contributed by atoms with E-state index in [1.165, 1.54) is 12.3 Å². The minimum absolute atomic E-state index is 0.0221. The van der Waals surface area contributed by atoms with Crippen LogP contribution in [-0.4, -0.2) is 27.6 Å². The number of hydrogen-bond acceptors (Lipinski definition) is 6. The van der Waals surface area contributed by atoms with E-state index < -0.39 is 5.91 Å². The summed E-state index contributed by atoms with van der Waals surface area (Å²) < 4.78 is 10.2. The molecule has 0 unspecified atom stereocenters. The van der Waals surface area contributed by atoms with Crippen molar-refractivity contribution in [3.63, 3.8) is 0 Å². The number of anilines is 1. The molecule has 19 heavy (non-hydrogen) atoms. The summed E-state index contributed by atoms with van der Waals surface area (Å²) in [5.41, 5.74) is 0.0221. The molecule has 7 heteroatoms. The van der Waals surface area contributed by atoms with Gasteiger partial charge in [0, 0.05) is 0 Å². The lowest BCUT2D eigenvalue weighted by Gasteiger charge is -2.11. The molecule has 0 fully saturated rings. The Morgan fingerprint density at radius 3 is 2.95 bits per heavy atom. The van der Waals surface area contributed by atoms with Crippen molar-refractivity contribution < 1.29 is 19.1 Å². The molecule has 0 bridgehead atoms. The molecule has 100 valence electrons. The van der Waals surface area contributed by atoms with Crippen LogP contribution >= 0.6 is 0 Å². The Morgan fingerprint density at radius 1 is 1.53 bits per heavy atom. The number of furan rings is 1. The van der Waals surface area contributed by atoms with Crippen molar-refractivity contribution >= 4 is 11.6 Å². The summed E-state index contributed by atoms with van der Waals surface area (Å²) in [6.07, 6.45) is 1.38. The summed E-state index contributed by atoms with van der Waals surface area (Å²) in [7, 11) is 0. The van der Waals surface area contributed by atoms with Crippen molar-refractivity contribution in [2.24, 2.45) is 0 Å². The van der Waals surface area contributed by atoms with Gasteiger partial charge in [-0.1, -0.05) is 0 Å². The van der Waals surface area contributed by atoms with E-state index in [4.69, 9.17) is 9.15 Å². The second kappa shape index (κ2) is 5.38. The number of nitrogens with zero attached hydrogens (tertiary/aromatic N) is 2. The molecule has 1 amide bonds. The highest BCUT2D eigenvalue weighted by atomic mass is 16.5. The third-order valence-electron chi connectivity index (χ3n) is 2.23. The Hall–Kier alpha value is -2.57. The summed E-state index contributed by atoms with van der Waals surface area (Å²) in [6.45, 7) is 3.73. The first-order valence-electron chi connectivity index (χ1n) is 5.67. The molecule has 0 atom stereocenters. The van der Waals surface area contributed by atoms with Crippen molar-refractivity contribution in [3.8, 4) is 11.8 Å². The number of aryl methyl sites for hydroxylation is 1. The van der Waals surface area contributed by atoms with Crippen molar-refractivity contribution in [1.82, 2.24) is 9.97 Å². The topological polar surface area (TPSA) is 97.5 Å². The normalized spacial score (nSPS) is 10.2. The maximum Gasteiger partial charge on any atom is 0.291 e. The largest absolute Gasteiger partial charge is 0.492 e. The van der Waals surface area contributed by atoms with Crippen LogP contribution in [-0.2, 0) is 0 Å². The third kappa shape index (κ3) is 2.82. The maximum atomic E-state index is 11.8. The highest BCUT2D eigenvalue weighted by molar-refractivity contribution is 6.03. The lowest BCUT2D eigenvalue weighted by Crippen LogP contribution is -2.14. The van der Waals surface area contributed by atoms with Gasteiger partial charge in [-0.15, -0.1) is 0 Å². The standard InChI is InChI=1S/C12H13N3O4/c1-3-18-12-9(11(17)13-7(2)14-12)15-10(16)8-5-4-6-19-8/h4-6H,3H2,1-2H3,(H,15,16)(H,13,14,17). The Bertz CT molecular complexity index is 581. The quantitative estimate of drug-likeness (QED) is 0.871. The predicted octanol–water partition coefficient (Wildman–Crippen LogP) is 1.73. The van der Waals surface area contributed by atoms with Gasteiger partial charge < -0.3 is 19.6 Å². The Balaban J connectivity index is 2.31. The second-order valence-corrected chi connectivity index (χ2v) is 3.64. The zero-order valence-electron chi connectivity index (χ0n) is 10.5. The molecule has 2 rings (SSSR count). The number of amides is 1. The third-order valence-corrected chi connectivity index (χ3v) is 2.23. The van der Waals surface area contributed by atoms with E-state index in [0.717, 1.165) is 0 Å². The van der Waals surface area contributed by atoms with Gasteiger partial charge in [-0.25, -0.2) is 0 Å². The highest BCUT2D eigenvalue weighted by Crippen LogP contribution is 2.30. The zero-order chi connectivity index (χ0) is 13.8. The summed E-state index contributed by atoms with van der Waals surface area (Å²) in [4.78, 5) is 19.6. The van der Waals surface area contributed by atoms with Gasteiger partial charge in [0.1, 0.15) is 5.82 Å². The fourth-order valence-electron chi connectivity index (χ4n) is 1.47. The van der Waals surface area contributed by atoms with Crippen molar-refractivity contribution in [2.75, 3.05) is 11.9 Å². The summed E-state index contributed by atoms with van der Waals surface area (Å²) in [6, 6.07) is 3.09. The van der Waals surface area contributed by atoms with E-state index in [2.05, 4.69) is 15.3 Å². The number of ether oxygens (including phenoxy) is 1. The van der Waals surface area contributed by atoms with Gasteiger partial charge >= 0.3 is 0 Å². The van der Waals surface area contributed by atoms with Crippen LogP contribution in [0.25, 0.3) is 0 Å². The molecular weight excluding hydrogens is 250 g/mol. The first kappa shape index (κ1) is 12.9. The average molecular weight is 263 g/mol. The van der Waals surface area contributed by atoms with E-state index >= 15 is 0 Å². The molecule has 7 nitrogen and oxygen atoms in total. The van der Waals surface area contributed by atoms with Crippen molar-refractivity contribution in [2.45, 2.75) is 13.8 Å². The van der Waals surface area contributed by atoms with Crippen LogP contribution in [0.1, 0.15) is 23.3 Å². The summed E-state index contributed by atoms with van der Waals surface area (Å²) >= 11 is 0. The Kier molecular flexibility index (Phi) is 3.65. The molecule has 0 saturated carbocycles. The molecule has 0 aliphatic rings. The molecule has 2 heterocycles. The fourth-order valence-corrected chi connectivity index (χ4v) is 1.47. The van der Waals surface area contributed by atoms with E-state index in [1.54, 1.807) is 19.9 Å². The minimum atomic E-state index is -0.520. The number of carbonyl (C=O) groups excluding carboxylic acids is 1. The Labute approximate surface area is 109 Å². The number of aromatic hydroxyl groups is 1. The number of carbonyl (C=O) groups is 1. The fraction of sp³-hybridized carbons (Fsp3) is 0.250. The van der Waals surface area contributed by atoms with Crippen LogP contribution in [0.3, 0.4) is 0 Å². The lowest BCUT2D eigenvalue weighted by atomic mass is 10.4. The molecule has 0 radical (unpaired) electrons. The summed E-state index contributed by atoms with van der Waals surface area (Å²) in [5.74, 6) is -0.295. The SMILES string of the molecule is CCOc1nc(C)nc(O)c1NC(=O)c1ccco1. The van der Waals surface area contributed by atoms with Gasteiger partial charge in [-0.05, 0) is 26.0 Å². The molecule has 0 aromatic carbocycles. The molecule has 0 aliphatic carbocycles. The van der Waals surface area contributed by atoms with Gasteiger partial charge in [0.2, 0.25) is 11.8 Å². The van der Waals surface area contributed by atoms with Crippen LogP contribution in [0.5, 0.6) is 11.8 Å². The number of aromatic nitrogens is 2. The smallest absolute Gasteiger partial charge is 0.291 e. The van der Waals surface area contributed by atoms with Gasteiger partial charge in [0.05, 0.1) is 12.9 Å². The lowest BCUT2D eigenvalue weighted by molar-refractivity contribution is 0.0995. The minimum Gasteiger partial charge on any atom is -0.492 e. The predicted molar refractivity (Wildman–Crippen MR) is 66.3 cm³/mol. The average Bonchev–Trinajstić information content (AvgIpc) is 2.87. The second-order valence-electron chi connectivity index (χ2n) is 3.64. The van der Waals surface area contributed by atoms with E-state index in [1.807, 2.05) is 0 Å². The number of rotatable bonds is 4. The summed E-state index contributed by atoms with van der Waals surface area (Å²) in [5, 5.41) is 12.2. The van der Waals surface area contributed by atoms with Crippen LogP contribution in [0.4, 0.5) is 5.69 Å². The molecular formula is C12H13N3O4. The monoisotopic (exact) mass is 263 g/mol. The van der Waals surface area contributed by atoms with Gasteiger partial charge in [-0.2, -0.15) is 9.97 Å². The van der Waals surface area contributed by atoms with Crippen molar-refractivity contribution in [3.05, 3.63) is 30.0 Å². The first-order valence-corrected chi connectivity index (χ1v) is 5.67. The van der Waals surface area contributed by atoms with E-state index in [9.17, 15) is 9.90 Å². The molecule has 0 aliphatic heterocycles. The molecule has 2 aromatic rings. The molecule has 2 aromatic heterocycles. The van der Waals surface area contributed by atoms with Gasteiger partial charge in [0.15, 0.2) is 11.4 Å². The van der Waals surface area contributed by atoms with Crippen LogP contribution < -0.4 is 10.1 Å². The van der Waals surface area contributed by atoms with Crippen LogP contribution in [0.2, 0.25) is 0 Å². The molecule has 0 saturated heterocycles. The van der Waals surface area contributed by atoms with Gasteiger partial charge in [0.25, 0.3) is 5.91 Å². The number of hydrogen-bond donors (Lipinski definition) is 2. The van der Waals surface area contributed by atoms with Gasteiger partial charge in [-0.3, -0.25) is 4.79 Å². The first-order chi connectivity index (χ1) is 9.11. The molecule has 0 spiro atoms. The zero-order valence-corrected chi connectivity index (χ0v) is 10.5. The van der Waals surface area contributed by atoms with Crippen LogP contribution in [0, 0.1) is 6.92 Å². The molecule has 2 N–H and O–H groups in total. The maximum absolute atomic E-state index is 11.8. The highest BCUT2D eigenvalue weighted by Gasteiger charge is 2.18. The van der Waals surface area contributed by atoms with E-state index in [-0.39, 0.29) is 23.2 Å². The van der Waals surface area contributed by atoms with E-state index in [0.29, 0.717) is 12.4 Å². The van der Waals surface area contributed by atoms with Crippen LogP contribution in [0.15, 0.2) is 22.8 Å². The Morgan fingerprint density at radius 2 is 2.32 bits per heavy atom. The number of nitrogens with one attached hydrogen (secondary N) is 1.